The normalized spacial score (nSPS) is 37.6. The summed E-state index contributed by atoms with van der Waals surface area (Å²) in [5.74, 6) is -0.871. The first-order valence-corrected chi connectivity index (χ1v) is 7.44. The molecule has 0 bridgehead atoms. The molecule has 5 atom stereocenters. The van der Waals surface area contributed by atoms with Crippen molar-refractivity contribution in [2.24, 2.45) is 5.92 Å². The van der Waals surface area contributed by atoms with Gasteiger partial charge in [-0.25, -0.2) is 0 Å². The van der Waals surface area contributed by atoms with E-state index in [1.807, 2.05) is 44.2 Å². The molecule has 0 aromatic heterocycles. The van der Waals surface area contributed by atoms with Crippen LogP contribution in [0.5, 0.6) is 0 Å². The molecule has 1 saturated carbocycles. The van der Waals surface area contributed by atoms with E-state index in [0.29, 0.717) is 6.54 Å². The van der Waals surface area contributed by atoms with E-state index >= 15 is 0 Å². The van der Waals surface area contributed by atoms with Crippen LogP contribution in [-0.2, 0) is 16.0 Å². The summed E-state index contributed by atoms with van der Waals surface area (Å²) in [6.45, 7) is 4.27. The van der Waals surface area contributed by atoms with Gasteiger partial charge in [-0.3, -0.25) is 0 Å². The standard InChI is InChI=1S/C16H23NO4/c1-16(2)20-14-11(9-18)12(13(19)15(14)21-16)17-8-10-6-4-3-5-7-10/h3-7,11-15,17-19H,8-9H2,1-2H3/t11-,12+,13-,14-,15+/m0/s1. The lowest BCUT2D eigenvalue weighted by Gasteiger charge is -2.28. The third kappa shape index (κ3) is 2.84. The Hall–Kier alpha value is -0.980. The fourth-order valence-corrected chi connectivity index (χ4v) is 3.40. The lowest BCUT2D eigenvalue weighted by atomic mass is 10.0. The van der Waals surface area contributed by atoms with Gasteiger partial charge in [0.05, 0.1) is 18.8 Å². The SMILES string of the molecule is CC1(C)O[C@@H]2[C@@H](O)[C@H](NCc3ccccc3)[C@H](CO)[C@@H]2O1. The van der Waals surface area contributed by atoms with Crippen LogP contribution >= 0.6 is 0 Å². The van der Waals surface area contributed by atoms with E-state index < -0.39 is 11.9 Å². The molecule has 3 rings (SSSR count). The second-order valence-electron chi connectivity index (χ2n) is 6.29. The van der Waals surface area contributed by atoms with Crippen molar-refractivity contribution in [3.63, 3.8) is 0 Å². The molecule has 5 heteroatoms. The molecule has 1 heterocycles. The average molecular weight is 293 g/mol. The Morgan fingerprint density at radius 1 is 1.14 bits per heavy atom. The molecule has 0 spiro atoms. The Balaban J connectivity index is 1.69. The van der Waals surface area contributed by atoms with Crippen molar-refractivity contribution in [3.05, 3.63) is 35.9 Å². The van der Waals surface area contributed by atoms with Gasteiger partial charge in [0, 0.05) is 18.5 Å². The van der Waals surface area contributed by atoms with Gasteiger partial charge in [0.15, 0.2) is 5.79 Å². The van der Waals surface area contributed by atoms with Gasteiger partial charge in [0.25, 0.3) is 0 Å². The van der Waals surface area contributed by atoms with E-state index in [4.69, 9.17) is 9.47 Å². The summed E-state index contributed by atoms with van der Waals surface area (Å²) in [5, 5.41) is 23.5. The number of fused-ring (bicyclic) bond motifs is 1. The summed E-state index contributed by atoms with van der Waals surface area (Å²) < 4.78 is 11.6. The summed E-state index contributed by atoms with van der Waals surface area (Å²) in [6, 6.07) is 9.75. The Kier molecular flexibility index (Phi) is 4.03. The number of hydrogen-bond acceptors (Lipinski definition) is 5. The van der Waals surface area contributed by atoms with Crippen LogP contribution in [0, 0.1) is 5.92 Å². The van der Waals surface area contributed by atoms with Crippen LogP contribution in [0.1, 0.15) is 19.4 Å². The van der Waals surface area contributed by atoms with Crippen LogP contribution in [0.2, 0.25) is 0 Å². The van der Waals surface area contributed by atoms with Crippen LogP contribution in [0.25, 0.3) is 0 Å². The van der Waals surface area contributed by atoms with Crippen molar-refractivity contribution >= 4 is 0 Å². The van der Waals surface area contributed by atoms with Gasteiger partial charge >= 0.3 is 0 Å². The van der Waals surface area contributed by atoms with Gasteiger partial charge < -0.3 is 25.0 Å². The molecule has 1 aromatic carbocycles. The molecule has 1 aliphatic carbocycles. The lowest BCUT2D eigenvalue weighted by molar-refractivity contribution is -0.171. The van der Waals surface area contributed by atoms with Gasteiger partial charge in [-0.05, 0) is 19.4 Å². The first-order valence-electron chi connectivity index (χ1n) is 7.44. The molecule has 116 valence electrons. The first kappa shape index (κ1) is 14.9. The van der Waals surface area contributed by atoms with E-state index in [2.05, 4.69) is 5.32 Å². The highest BCUT2D eigenvalue weighted by Crippen LogP contribution is 2.41. The molecular formula is C16H23NO4. The largest absolute Gasteiger partial charge is 0.396 e. The minimum atomic E-state index is -0.700. The minimum Gasteiger partial charge on any atom is -0.396 e. The fourth-order valence-electron chi connectivity index (χ4n) is 3.40. The molecule has 3 N–H and O–H groups in total. The van der Waals surface area contributed by atoms with Gasteiger partial charge in [0.1, 0.15) is 6.10 Å². The summed E-state index contributed by atoms with van der Waals surface area (Å²) in [7, 11) is 0. The fraction of sp³-hybridized carbons (Fsp3) is 0.625. The van der Waals surface area contributed by atoms with E-state index in [0.717, 1.165) is 5.56 Å². The zero-order valence-electron chi connectivity index (χ0n) is 12.4. The molecule has 1 aromatic rings. The van der Waals surface area contributed by atoms with Crippen molar-refractivity contribution in [2.75, 3.05) is 6.61 Å². The molecule has 2 fully saturated rings. The average Bonchev–Trinajstić information content (AvgIpc) is 2.90. The molecule has 5 nitrogen and oxygen atoms in total. The van der Waals surface area contributed by atoms with Gasteiger partial charge in [-0.1, -0.05) is 30.3 Å². The van der Waals surface area contributed by atoms with E-state index in [1.165, 1.54) is 0 Å². The van der Waals surface area contributed by atoms with Crippen molar-refractivity contribution in [1.29, 1.82) is 0 Å². The third-order valence-electron chi connectivity index (χ3n) is 4.35. The maximum absolute atomic E-state index is 10.5. The number of ether oxygens (including phenoxy) is 2. The van der Waals surface area contributed by atoms with Crippen molar-refractivity contribution < 1.29 is 19.7 Å². The molecule has 1 saturated heterocycles. The van der Waals surface area contributed by atoms with Gasteiger partial charge in [-0.2, -0.15) is 0 Å². The number of benzene rings is 1. The lowest BCUT2D eigenvalue weighted by Crippen LogP contribution is -2.45. The van der Waals surface area contributed by atoms with Gasteiger partial charge in [0.2, 0.25) is 0 Å². The second-order valence-corrected chi connectivity index (χ2v) is 6.29. The molecule has 0 radical (unpaired) electrons. The predicted octanol–water partition coefficient (Wildman–Crippen LogP) is 0.648. The highest BCUT2D eigenvalue weighted by molar-refractivity contribution is 5.15. The smallest absolute Gasteiger partial charge is 0.163 e. The quantitative estimate of drug-likeness (QED) is 0.760. The maximum Gasteiger partial charge on any atom is 0.163 e. The number of aliphatic hydroxyl groups is 2. The van der Waals surface area contributed by atoms with E-state index in [1.54, 1.807) is 0 Å². The Bertz CT molecular complexity index is 478. The molecule has 21 heavy (non-hydrogen) atoms. The van der Waals surface area contributed by atoms with E-state index in [9.17, 15) is 10.2 Å². The molecule has 2 aliphatic rings. The molecule has 0 unspecified atom stereocenters. The first-order chi connectivity index (χ1) is 10.0. The number of aliphatic hydroxyl groups excluding tert-OH is 2. The van der Waals surface area contributed by atoms with Crippen LogP contribution in [0.15, 0.2) is 30.3 Å². The predicted molar refractivity (Wildman–Crippen MR) is 77.5 cm³/mol. The van der Waals surface area contributed by atoms with Crippen molar-refractivity contribution in [2.45, 2.75) is 50.5 Å². The zero-order chi connectivity index (χ0) is 15.0. The van der Waals surface area contributed by atoms with E-state index in [-0.39, 0.29) is 30.8 Å². The number of hydrogen-bond donors (Lipinski definition) is 3. The van der Waals surface area contributed by atoms with Crippen LogP contribution in [0.3, 0.4) is 0 Å². The van der Waals surface area contributed by atoms with Gasteiger partial charge in [-0.15, -0.1) is 0 Å². The highest BCUT2D eigenvalue weighted by atomic mass is 16.8. The Morgan fingerprint density at radius 2 is 1.81 bits per heavy atom. The summed E-state index contributed by atoms with van der Waals surface area (Å²) in [6.07, 6.45) is -1.34. The Morgan fingerprint density at radius 3 is 2.48 bits per heavy atom. The third-order valence-corrected chi connectivity index (χ3v) is 4.35. The monoisotopic (exact) mass is 293 g/mol. The number of rotatable bonds is 4. The number of nitrogens with one attached hydrogen (secondary N) is 1. The van der Waals surface area contributed by atoms with Crippen molar-refractivity contribution in [3.8, 4) is 0 Å². The minimum absolute atomic E-state index is 0.0376. The molecular weight excluding hydrogens is 270 g/mol. The maximum atomic E-state index is 10.5. The summed E-state index contributed by atoms with van der Waals surface area (Å²) in [5.41, 5.74) is 1.14. The summed E-state index contributed by atoms with van der Waals surface area (Å²) in [4.78, 5) is 0. The molecule has 1 aliphatic heterocycles. The Labute approximate surface area is 124 Å². The zero-order valence-corrected chi connectivity index (χ0v) is 12.4. The molecule has 0 amide bonds. The highest BCUT2D eigenvalue weighted by Gasteiger charge is 2.58. The second kappa shape index (κ2) is 5.66. The summed E-state index contributed by atoms with van der Waals surface area (Å²) >= 11 is 0. The topological polar surface area (TPSA) is 71.0 Å². The van der Waals surface area contributed by atoms with Crippen LogP contribution < -0.4 is 5.32 Å². The van der Waals surface area contributed by atoms with Crippen molar-refractivity contribution in [1.82, 2.24) is 5.32 Å². The van der Waals surface area contributed by atoms with Crippen LogP contribution in [0.4, 0.5) is 0 Å². The van der Waals surface area contributed by atoms with Crippen LogP contribution in [-0.4, -0.2) is 47.0 Å².